The van der Waals surface area contributed by atoms with Crippen molar-refractivity contribution >= 4 is 12.0 Å². The molecule has 1 aromatic heterocycles. The fraction of sp³-hybridized carbons (Fsp3) is 0.667. The first-order chi connectivity index (χ1) is 10.5. The molecule has 1 saturated heterocycles. The molecule has 0 aromatic carbocycles. The minimum atomic E-state index is -0.751. The largest absolute Gasteiger partial charge is 0.481 e. The standard InChI is InChI=1S/C15H22N4O3/c1-18-8-5-12(17-18)4-7-16-14(22)19-9-11-3-2-6-15(11,10-19)13(20)21/h5,8,11H,2-4,6-7,9-10H2,1H3,(H,16,22)(H,20,21)/t11-,15+/m0/s1. The van der Waals surface area contributed by atoms with Crippen LogP contribution in [-0.2, 0) is 18.3 Å². The average molecular weight is 306 g/mol. The molecule has 2 aliphatic rings. The summed E-state index contributed by atoms with van der Waals surface area (Å²) in [6.45, 7) is 1.40. The maximum Gasteiger partial charge on any atom is 0.317 e. The SMILES string of the molecule is Cn1ccc(CCNC(=O)N2C[C@@H]3CCC[C@@]3(C(=O)O)C2)n1. The van der Waals surface area contributed by atoms with Crippen molar-refractivity contribution in [2.24, 2.45) is 18.4 Å². The van der Waals surface area contributed by atoms with Crippen molar-refractivity contribution in [3.8, 4) is 0 Å². The van der Waals surface area contributed by atoms with Crippen molar-refractivity contribution < 1.29 is 14.7 Å². The number of likely N-dealkylation sites (tertiary alicyclic amines) is 1. The number of aryl methyl sites for hydroxylation is 1. The number of rotatable bonds is 4. The van der Waals surface area contributed by atoms with E-state index in [1.807, 2.05) is 19.3 Å². The number of carbonyl (C=O) groups excluding carboxylic acids is 1. The zero-order valence-electron chi connectivity index (χ0n) is 12.8. The van der Waals surface area contributed by atoms with Gasteiger partial charge in [-0.1, -0.05) is 6.42 Å². The number of nitrogens with zero attached hydrogens (tertiary/aromatic N) is 3. The van der Waals surface area contributed by atoms with E-state index in [9.17, 15) is 14.7 Å². The van der Waals surface area contributed by atoms with Crippen LogP contribution < -0.4 is 5.32 Å². The van der Waals surface area contributed by atoms with E-state index in [0.29, 0.717) is 32.5 Å². The van der Waals surface area contributed by atoms with E-state index in [4.69, 9.17) is 0 Å². The van der Waals surface area contributed by atoms with Crippen LogP contribution in [-0.4, -0.2) is 51.4 Å². The zero-order chi connectivity index (χ0) is 15.7. The molecule has 1 aromatic rings. The fourth-order valence-electron chi connectivity index (χ4n) is 3.80. The van der Waals surface area contributed by atoms with E-state index >= 15 is 0 Å². The molecule has 120 valence electrons. The molecule has 1 saturated carbocycles. The number of aliphatic carboxylic acids is 1. The first kappa shape index (κ1) is 14.9. The summed E-state index contributed by atoms with van der Waals surface area (Å²) in [6.07, 6.45) is 5.09. The van der Waals surface area contributed by atoms with Crippen LogP contribution >= 0.6 is 0 Å². The van der Waals surface area contributed by atoms with Crippen LogP contribution in [0.1, 0.15) is 25.0 Å². The molecule has 2 atom stereocenters. The van der Waals surface area contributed by atoms with Gasteiger partial charge in [0.2, 0.25) is 0 Å². The lowest BCUT2D eigenvalue weighted by Crippen LogP contribution is -2.42. The molecule has 22 heavy (non-hydrogen) atoms. The molecule has 0 bridgehead atoms. The van der Waals surface area contributed by atoms with Gasteiger partial charge in [0.15, 0.2) is 0 Å². The van der Waals surface area contributed by atoms with Gasteiger partial charge in [0.25, 0.3) is 0 Å². The average Bonchev–Trinajstić information content (AvgIpc) is 3.12. The van der Waals surface area contributed by atoms with E-state index in [0.717, 1.165) is 18.5 Å². The lowest BCUT2D eigenvalue weighted by Gasteiger charge is -2.23. The Morgan fingerprint density at radius 1 is 1.55 bits per heavy atom. The maximum atomic E-state index is 12.2. The van der Waals surface area contributed by atoms with Gasteiger partial charge < -0.3 is 15.3 Å². The highest BCUT2D eigenvalue weighted by Gasteiger charge is 2.55. The highest BCUT2D eigenvalue weighted by Crippen LogP contribution is 2.48. The van der Waals surface area contributed by atoms with Crippen LogP contribution in [0.3, 0.4) is 0 Å². The first-order valence-electron chi connectivity index (χ1n) is 7.76. The molecule has 1 aliphatic carbocycles. The number of urea groups is 1. The number of carboxylic acids is 1. The van der Waals surface area contributed by atoms with Gasteiger partial charge in [-0.15, -0.1) is 0 Å². The van der Waals surface area contributed by atoms with Crippen LogP contribution in [0.25, 0.3) is 0 Å². The van der Waals surface area contributed by atoms with E-state index in [2.05, 4.69) is 10.4 Å². The van der Waals surface area contributed by atoms with Gasteiger partial charge in [-0.2, -0.15) is 5.10 Å². The Hall–Kier alpha value is -2.05. The highest BCUT2D eigenvalue weighted by atomic mass is 16.4. The molecule has 2 fully saturated rings. The van der Waals surface area contributed by atoms with Gasteiger partial charge in [0.05, 0.1) is 11.1 Å². The molecule has 2 N–H and O–H groups in total. The van der Waals surface area contributed by atoms with Crippen LogP contribution in [0, 0.1) is 11.3 Å². The monoisotopic (exact) mass is 306 g/mol. The van der Waals surface area contributed by atoms with Gasteiger partial charge in [0.1, 0.15) is 0 Å². The number of fused-ring (bicyclic) bond motifs is 1. The Labute approximate surface area is 129 Å². The molecule has 1 aliphatic heterocycles. The molecular weight excluding hydrogens is 284 g/mol. The number of carboxylic acid groups (broad SMARTS) is 1. The van der Waals surface area contributed by atoms with Gasteiger partial charge in [-0.05, 0) is 24.8 Å². The summed E-state index contributed by atoms with van der Waals surface area (Å²) in [5.41, 5.74) is 0.223. The predicted octanol–water partition coefficient (Wildman–Crippen LogP) is 0.859. The Bertz CT molecular complexity index is 585. The summed E-state index contributed by atoms with van der Waals surface area (Å²) in [7, 11) is 1.86. The third kappa shape index (κ3) is 2.55. The summed E-state index contributed by atoms with van der Waals surface area (Å²) in [5, 5.41) is 16.7. The van der Waals surface area contributed by atoms with Crippen LogP contribution in [0.15, 0.2) is 12.3 Å². The summed E-state index contributed by atoms with van der Waals surface area (Å²) in [5.74, 6) is -0.648. The summed E-state index contributed by atoms with van der Waals surface area (Å²) in [6, 6.07) is 1.76. The Morgan fingerprint density at radius 2 is 2.36 bits per heavy atom. The molecule has 2 amide bonds. The van der Waals surface area contributed by atoms with Crippen molar-refractivity contribution in [2.45, 2.75) is 25.7 Å². The molecule has 0 radical (unpaired) electrons. The second-order valence-electron chi connectivity index (χ2n) is 6.39. The Balaban J connectivity index is 1.52. The first-order valence-corrected chi connectivity index (χ1v) is 7.76. The Morgan fingerprint density at radius 3 is 3.00 bits per heavy atom. The molecule has 0 unspecified atom stereocenters. The summed E-state index contributed by atoms with van der Waals surface area (Å²) < 4.78 is 1.73. The molecular formula is C15H22N4O3. The number of amides is 2. The Kier molecular flexibility index (Phi) is 3.80. The van der Waals surface area contributed by atoms with Crippen molar-refractivity contribution in [3.63, 3.8) is 0 Å². The van der Waals surface area contributed by atoms with E-state index in [-0.39, 0.29) is 11.9 Å². The minimum Gasteiger partial charge on any atom is -0.481 e. The number of nitrogens with one attached hydrogen (secondary N) is 1. The second-order valence-corrected chi connectivity index (χ2v) is 6.39. The summed E-state index contributed by atoms with van der Waals surface area (Å²) in [4.78, 5) is 25.5. The predicted molar refractivity (Wildman–Crippen MR) is 79.3 cm³/mol. The maximum absolute atomic E-state index is 12.2. The quantitative estimate of drug-likeness (QED) is 0.863. The number of hydrogen-bond acceptors (Lipinski definition) is 3. The lowest BCUT2D eigenvalue weighted by molar-refractivity contribution is -0.149. The van der Waals surface area contributed by atoms with Gasteiger partial charge in [-0.25, -0.2) is 4.79 Å². The van der Waals surface area contributed by atoms with E-state index in [1.165, 1.54) is 0 Å². The van der Waals surface area contributed by atoms with Crippen molar-refractivity contribution in [1.29, 1.82) is 0 Å². The number of carbonyl (C=O) groups is 2. The topological polar surface area (TPSA) is 87.5 Å². The molecule has 3 rings (SSSR count). The van der Waals surface area contributed by atoms with Crippen LogP contribution in [0.2, 0.25) is 0 Å². The van der Waals surface area contributed by atoms with Crippen molar-refractivity contribution in [1.82, 2.24) is 20.0 Å². The second kappa shape index (κ2) is 5.62. The molecule has 7 nitrogen and oxygen atoms in total. The molecule has 2 heterocycles. The van der Waals surface area contributed by atoms with E-state index < -0.39 is 11.4 Å². The van der Waals surface area contributed by atoms with E-state index in [1.54, 1.807) is 9.58 Å². The van der Waals surface area contributed by atoms with Crippen LogP contribution in [0.5, 0.6) is 0 Å². The van der Waals surface area contributed by atoms with Gasteiger partial charge >= 0.3 is 12.0 Å². The van der Waals surface area contributed by atoms with Gasteiger partial charge in [0, 0.05) is 39.3 Å². The number of aromatic nitrogens is 2. The highest BCUT2D eigenvalue weighted by molar-refractivity contribution is 5.80. The third-order valence-electron chi connectivity index (χ3n) is 5.01. The van der Waals surface area contributed by atoms with Crippen molar-refractivity contribution in [3.05, 3.63) is 18.0 Å². The zero-order valence-corrected chi connectivity index (χ0v) is 12.8. The smallest absolute Gasteiger partial charge is 0.317 e. The molecule has 0 spiro atoms. The van der Waals surface area contributed by atoms with Gasteiger partial charge in [-0.3, -0.25) is 9.48 Å². The number of hydrogen-bond donors (Lipinski definition) is 2. The minimum absolute atomic E-state index is 0.103. The lowest BCUT2D eigenvalue weighted by atomic mass is 9.81. The van der Waals surface area contributed by atoms with Crippen LogP contribution in [0.4, 0.5) is 4.79 Å². The normalized spacial score (nSPS) is 27.0. The fourth-order valence-corrected chi connectivity index (χ4v) is 3.80. The van der Waals surface area contributed by atoms with Crippen molar-refractivity contribution in [2.75, 3.05) is 19.6 Å². The summed E-state index contributed by atoms with van der Waals surface area (Å²) >= 11 is 0. The molecule has 7 heteroatoms. The third-order valence-corrected chi connectivity index (χ3v) is 5.01.